The van der Waals surface area contributed by atoms with Crippen LogP contribution in [0.2, 0.25) is 0 Å². The lowest BCUT2D eigenvalue weighted by Crippen LogP contribution is -2.06. The van der Waals surface area contributed by atoms with Crippen LogP contribution in [0.5, 0.6) is 5.75 Å². The van der Waals surface area contributed by atoms with Gasteiger partial charge in [0.25, 0.3) is 0 Å². The highest BCUT2D eigenvalue weighted by molar-refractivity contribution is 5.41. The average molecular weight is 258 g/mol. The molecule has 2 aromatic rings. The molecule has 1 N–H and O–H groups in total. The first kappa shape index (κ1) is 13.3. The van der Waals surface area contributed by atoms with Crippen LogP contribution in [-0.4, -0.2) is 11.7 Å². The van der Waals surface area contributed by atoms with Crippen molar-refractivity contribution < 1.29 is 14.2 Å². The number of hydrogen-bond acceptors (Lipinski definition) is 2. The number of benzene rings is 2. The number of aliphatic hydroxyl groups excluding tert-OH is 1. The summed E-state index contributed by atoms with van der Waals surface area (Å²) in [6, 6.07) is 13.6. The van der Waals surface area contributed by atoms with E-state index in [4.69, 9.17) is 4.74 Å². The van der Waals surface area contributed by atoms with Gasteiger partial charge in [-0.2, -0.15) is 0 Å². The van der Waals surface area contributed by atoms with E-state index >= 15 is 0 Å². The van der Waals surface area contributed by atoms with Crippen LogP contribution in [-0.2, 0) is 0 Å². The maximum absolute atomic E-state index is 13.8. The first-order valence-electron chi connectivity index (χ1n) is 5.99. The fourth-order valence-electron chi connectivity index (χ4n) is 1.85. The topological polar surface area (TPSA) is 29.5 Å². The molecule has 2 rings (SSSR count). The Hall–Kier alpha value is -2.13. The summed E-state index contributed by atoms with van der Waals surface area (Å²) in [7, 11) is 0. The first-order valence-corrected chi connectivity index (χ1v) is 5.99. The van der Waals surface area contributed by atoms with Gasteiger partial charge in [-0.1, -0.05) is 55.1 Å². The molecule has 98 valence electrons. The van der Waals surface area contributed by atoms with Gasteiger partial charge in [-0.05, 0) is 11.6 Å². The molecular weight excluding hydrogens is 243 g/mol. The molecule has 19 heavy (non-hydrogen) atoms. The van der Waals surface area contributed by atoms with E-state index < -0.39 is 11.9 Å². The van der Waals surface area contributed by atoms with Crippen molar-refractivity contribution in [1.29, 1.82) is 0 Å². The monoisotopic (exact) mass is 258 g/mol. The summed E-state index contributed by atoms with van der Waals surface area (Å²) >= 11 is 0. The molecule has 0 aromatic heterocycles. The minimum absolute atomic E-state index is 0.0683. The van der Waals surface area contributed by atoms with Crippen LogP contribution in [0.3, 0.4) is 0 Å². The average Bonchev–Trinajstić information content (AvgIpc) is 2.46. The normalized spacial score (nSPS) is 11.9. The summed E-state index contributed by atoms with van der Waals surface area (Å²) in [5, 5.41) is 10.3. The largest absolute Gasteiger partial charge is 0.486 e. The lowest BCUT2D eigenvalue weighted by atomic mass is 10.0. The van der Waals surface area contributed by atoms with Gasteiger partial charge < -0.3 is 9.84 Å². The highest BCUT2D eigenvalue weighted by Crippen LogP contribution is 2.32. The second-order valence-electron chi connectivity index (χ2n) is 4.07. The predicted molar refractivity (Wildman–Crippen MR) is 72.6 cm³/mol. The van der Waals surface area contributed by atoms with Crippen molar-refractivity contribution in [3.05, 3.63) is 78.1 Å². The molecule has 0 radical (unpaired) electrons. The second-order valence-corrected chi connectivity index (χ2v) is 4.07. The summed E-state index contributed by atoms with van der Waals surface area (Å²) in [6.07, 6.45) is 0.613. The molecule has 0 aliphatic heterocycles. The van der Waals surface area contributed by atoms with E-state index in [1.54, 1.807) is 24.3 Å². The zero-order chi connectivity index (χ0) is 13.7. The molecule has 0 aliphatic carbocycles. The first-order chi connectivity index (χ1) is 9.24. The van der Waals surface area contributed by atoms with Gasteiger partial charge in [-0.3, -0.25) is 0 Å². The Morgan fingerprint density at radius 1 is 1.16 bits per heavy atom. The Bertz CT molecular complexity index is 552. The summed E-state index contributed by atoms with van der Waals surface area (Å²) < 4.78 is 19.1. The molecule has 0 fully saturated rings. The molecule has 3 heteroatoms. The lowest BCUT2D eigenvalue weighted by Gasteiger charge is -2.16. The van der Waals surface area contributed by atoms with E-state index in [0.717, 1.165) is 0 Å². The summed E-state index contributed by atoms with van der Waals surface area (Å²) in [4.78, 5) is 0. The molecule has 0 saturated carbocycles. The smallest absolute Gasteiger partial charge is 0.165 e. The lowest BCUT2D eigenvalue weighted by molar-refractivity contribution is 0.211. The van der Waals surface area contributed by atoms with Gasteiger partial charge in [0.2, 0.25) is 0 Å². The van der Waals surface area contributed by atoms with E-state index in [9.17, 15) is 9.50 Å². The molecule has 0 spiro atoms. The summed E-state index contributed by atoms with van der Waals surface area (Å²) in [5.74, 6) is -0.423. The van der Waals surface area contributed by atoms with Crippen molar-refractivity contribution >= 4 is 0 Å². The van der Waals surface area contributed by atoms with Crippen LogP contribution in [0.15, 0.2) is 61.2 Å². The molecule has 0 saturated heterocycles. The minimum atomic E-state index is -0.920. The minimum Gasteiger partial charge on any atom is -0.486 e. The third-order valence-electron chi connectivity index (χ3n) is 2.75. The standard InChI is InChI=1S/C16H15FO2/c1-2-11-19-16-13(9-6-10-14(16)17)15(18)12-7-4-3-5-8-12/h2-10,15,18H,1,11H2. The maximum Gasteiger partial charge on any atom is 0.165 e. The zero-order valence-electron chi connectivity index (χ0n) is 10.4. The van der Waals surface area contributed by atoms with Gasteiger partial charge in [0, 0.05) is 5.56 Å². The Balaban J connectivity index is 2.38. The van der Waals surface area contributed by atoms with Gasteiger partial charge in [0.15, 0.2) is 11.6 Å². The molecule has 2 nitrogen and oxygen atoms in total. The highest BCUT2D eigenvalue weighted by atomic mass is 19.1. The van der Waals surface area contributed by atoms with Gasteiger partial charge in [0.1, 0.15) is 12.7 Å². The van der Waals surface area contributed by atoms with E-state index in [0.29, 0.717) is 11.1 Å². The number of ether oxygens (including phenoxy) is 1. The van der Waals surface area contributed by atoms with Crippen molar-refractivity contribution in [2.75, 3.05) is 6.61 Å². The SMILES string of the molecule is C=CCOc1c(F)cccc1C(O)c1ccccc1. The third-order valence-corrected chi connectivity index (χ3v) is 2.75. The number of para-hydroxylation sites is 1. The van der Waals surface area contributed by atoms with Gasteiger partial charge >= 0.3 is 0 Å². The Morgan fingerprint density at radius 3 is 2.58 bits per heavy atom. The molecule has 0 aliphatic rings. The fourth-order valence-corrected chi connectivity index (χ4v) is 1.85. The molecule has 0 amide bonds. The second kappa shape index (κ2) is 6.16. The van der Waals surface area contributed by atoms with Crippen LogP contribution >= 0.6 is 0 Å². The molecule has 0 heterocycles. The number of aliphatic hydroxyl groups is 1. The quantitative estimate of drug-likeness (QED) is 0.832. The van der Waals surface area contributed by atoms with Crippen molar-refractivity contribution in [2.45, 2.75) is 6.10 Å². The van der Waals surface area contributed by atoms with E-state index in [1.165, 1.54) is 12.1 Å². The van der Waals surface area contributed by atoms with Crippen molar-refractivity contribution in [1.82, 2.24) is 0 Å². The number of rotatable bonds is 5. The van der Waals surface area contributed by atoms with E-state index in [2.05, 4.69) is 6.58 Å². The molecule has 1 atom stereocenters. The summed E-state index contributed by atoms with van der Waals surface area (Å²) in [6.45, 7) is 3.72. The third kappa shape index (κ3) is 3.01. The van der Waals surface area contributed by atoms with Crippen LogP contribution in [0, 0.1) is 5.82 Å². The number of halogens is 1. The molecule has 2 aromatic carbocycles. The Morgan fingerprint density at radius 2 is 1.89 bits per heavy atom. The van der Waals surface area contributed by atoms with E-state index in [1.807, 2.05) is 18.2 Å². The van der Waals surface area contributed by atoms with E-state index in [-0.39, 0.29) is 12.4 Å². The molecule has 0 bridgehead atoms. The van der Waals surface area contributed by atoms with Crippen molar-refractivity contribution in [3.8, 4) is 5.75 Å². The maximum atomic E-state index is 13.8. The molecule has 1 unspecified atom stereocenters. The van der Waals surface area contributed by atoms with Gasteiger partial charge in [0.05, 0.1) is 0 Å². The Labute approximate surface area is 111 Å². The summed E-state index contributed by atoms with van der Waals surface area (Å²) in [5.41, 5.74) is 1.10. The predicted octanol–water partition coefficient (Wildman–Crippen LogP) is 3.47. The van der Waals surface area contributed by atoms with Crippen molar-refractivity contribution in [2.24, 2.45) is 0 Å². The fraction of sp³-hybridized carbons (Fsp3) is 0.125. The highest BCUT2D eigenvalue weighted by Gasteiger charge is 2.18. The van der Waals surface area contributed by atoms with Gasteiger partial charge in [-0.15, -0.1) is 0 Å². The van der Waals surface area contributed by atoms with Gasteiger partial charge in [-0.25, -0.2) is 4.39 Å². The van der Waals surface area contributed by atoms with Crippen LogP contribution in [0.1, 0.15) is 17.2 Å². The zero-order valence-corrected chi connectivity index (χ0v) is 10.4. The Kier molecular flexibility index (Phi) is 4.31. The van der Waals surface area contributed by atoms with Crippen molar-refractivity contribution in [3.63, 3.8) is 0 Å². The number of hydrogen-bond donors (Lipinski definition) is 1. The molecular formula is C16H15FO2. The van der Waals surface area contributed by atoms with Crippen LogP contribution in [0.25, 0.3) is 0 Å². The van der Waals surface area contributed by atoms with Crippen LogP contribution < -0.4 is 4.74 Å². The van der Waals surface area contributed by atoms with Crippen LogP contribution in [0.4, 0.5) is 4.39 Å².